The van der Waals surface area contributed by atoms with Gasteiger partial charge in [0, 0.05) is 10.9 Å². The second kappa shape index (κ2) is 5.39. The van der Waals surface area contributed by atoms with Gasteiger partial charge in [0.05, 0.1) is 11.2 Å². The van der Waals surface area contributed by atoms with Crippen molar-refractivity contribution in [3.63, 3.8) is 0 Å². The number of pyridine rings is 1. The lowest BCUT2D eigenvalue weighted by Crippen LogP contribution is -2.04. The van der Waals surface area contributed by atoms with E-state index >= 15 is 0 Å². The summed E-state index contributed by atoms with van der Waals surface area (Å²) in [6.07, 6.45) is 0.803. The SMILES string of the molecule is NCCc1cc(-c2ccc(F)cc2)nc2ccccc12. The summed E-state index contributed by atoms with van der Waals surface area (Å²) in [5, 5.41) is 1.13. The number of hydrogen-bond donors (Lipinski definition) is 1. The summed E-state index contributed by atoms with van der Waals surface area (Å²) < 4.78 is 13.0. The number of aromatic nitrogens is 1. The van der Waals surface area contributed by atoms with Crippen LogP contribution in [0, 0.1) is 5.82 Å². The van der Waals surface area contributed by atoms with Gasteiger partial charge in [0.15, 0.2) is 0 Å². The highest BCUT2D eigenvalue weighted by Gasteiger charge is 2.07. The molecule has 3 rings (SSSR count). The molecule has 0 aliphatic heterocycles. The largest absolute Gasteiger partial charge is 0.330 e. The molecule has 0 aliphatic rings. The Hall–Kier alpha value is -2.26. The van der Waals surface area contributed by atoms with E-state index in [4.69, 9.17) is 5.73 Å². The average molecular weight is 266 g/mol. The molecule has 0 radical (unpaired) electrons. The van der Waals surface area contributed by atoms with Gasteiger partial charge in [-0.05, 0) is 54.9 Å². The Morgan fingerprint density at radius 3 is 2.50 bits per heavy atom. The molecule has 0 bridgehead atoms. The second-order valence-electron chi connectivity index (χ2n) is 4.73. The first kappa shape index (κ1) is 12.8. The minimum Gasteiger partial charge on any atom is -0.330 e. The van der Waals surface area contributed by atoms with Gasteiger partial charge in [0.1, 0.15) is 5.82 Å². The molecule has 20 heavy (non-hydrogen) atoms. The summed E-state index contributed by atoms with van der Waals surface area (Å²) >= 11 is 0. The fourth-order valence-corrected chi connectivity index (χ4v) is 2.38. The van der Waals surface area contributed by atoms with E-state index in [-0.39, 0.29) is 5.82 Å². The smallest absolute Gasteiger partial charge is 0.123 e. The predicted octanol–water partition coefficient (Wildman–Crippen LogP) is 3.54. The van der Waals surface area contributed by atoms with Gasteiger partial charge in [-0.1, -0.05) is 18.2 Å². The second-order valence-corrected chi connectivity index (χ2v) is 4.73. The summed E-state index contributed by atoms with van der Waals surface area (Å²) in [5.74, 6) is -0.239. The Morgan fingerprint density at radius 1 is 1.00 bits per heavy atom. The van der Waals surface area contributed by atoms with Crippen LogP contribution in [-0.4, -0.2) is 11.5 Å². The molecule has 2 aromatic carbocycles. The molecule has 2 N–H and O–H groups in total. The number of fused-ring (bicyclic) bond motifs is 1. The van der Waals surface area contributed by atoms with E-state index < -0.39 is 0 Å². The van der Waals surface area contributed by atoms with Crippen LogP contribution < -0.4 is 5.73 Å². The molecular formula is C17H15FN2. The third-order valence-corrected chi connectivity index (χ3v) is 3.36. The molecule has 0 unspecified atom stereocenters. The minimum atomic E-state index is -0.239. The number of nitrogens with zero attached hydrogens (tertiary/aromatic N) is 1. The third-order valence-electron chi connectivity index (χ3n) is 3.36. The average Bonchev–Trinajstić information content (AvgIpc) is 2.48. The Balaban J connectivity index is 2.18. The lowest BCUT2D eigenvalue weighted by atomic mass is 10.0. The van der Waals surface area contributed by atoms with Gasteiger partial charge in [0.2, 0.25) is 0 Å². The Kier molecular flexibility index (Phi) is 3.44. The molecule has 3 aromatic rings. The van der Waals surface area contributed by atoms with E-state index in [9.17, 15) is 4.39 Å². The zero-order valence-electron chi connectivity index (χ0n) is 11.0. The number of halogens is 1. The van der Waals surface area contributed by atoms with E-state index in [1.54, 1.807) is 12.1 Å². The van der Waals surface area contributed by atoms with Crippen LogP contribution in [0.25, 0.3) is 22.2 Å². The molecule has 0 fully saturated rings. The maximum absolute atomic E-state index is 13.0. The quantitative estimate of drug-likeness (QED) is 0.787. The topological polar surface area (TPSA) is 38.9 Å². The van der Waals surface area contributed by atoms with E-state index in [0.717, 1.165) is 28.6 Å². The molecule has 0 atom stereocenters. The van der Waals surface area contributed by atoms with Gasteiger partial charge in [-0.2, -0.15) is 0 Å². The van der Waals surface area contributed by atoms with Crippen molar-refractivity contribution in [1.82, 2.24) is 4.98 Å². The lowest BCUT2D eigenvalue weighted by Gasteiger charge is -2.09. The van der Waals surface area contributed by atoms with Gasteiger partial charge in [-0.25, -0.2) is 9.37 Å². The summed E-state index contributed by atoms with van der Waals surface area (Å²) in [6.45, 7) is 0.594. The normalized spacial score (nSPS) is 10.9. The highest BCUT2D eigenvalue weighted by atomic mass is 19.1. The standard InChI is InChI=1S/C17H15FN2/c18-14-7-5-12(6-8-14)17-11-13(9-10-19)15-3-1-2-4-16(15)20-17/h1-8,11H,9-10,19H2. The van der Waals surface area contributed by atoms with Crippen molar-refractivity contribution < 1.29 is 4.39 Å². The Labute approximate surface area is 117 Å². The molecule has 0 aliphatic carbocycles. The van der Waals surface area contributed by atoms with Crippen molar-refractivity contribution in [1.29, 1.82) is 0 Å². The lowest BCUT2D eigenvalue weighted by molar-refractivity contribution is 0.628. The van der Waals surface area contributed by atoms with Crippen molar-refractivity contribution in [2.75, 3.05) is 6.54 Å². The fraction of sp³-hybridized carbons (Fsp3) is 0.118. The number of nitrogens with two attached hydrogens (primary N) is 1. The first-order valence-electron chi connectivity index (χ1n) is 6.62. The molecule has 0 saturated carbocycles. The van der Waals surface area contributed by atoms with Crippen LogP contribution in [0.5, 0.6) is 0 Å². The van der Waals surface area contributed by atoms with Crippen LogP contribution in [0.3, 0.4) is 0 Å². The summed E-state index contributed by atoms with van der Waals surface area (Å²) in [5.41, 5.74) is 9.58. The van der Waals surface area contributed by atoms with Crippen LogP contribution >= 0.6 is 0 Å². The van der Waals surface area contributed by atoms with E-state index in [1.807, 2.05) is 24.3 Å². The Bertz CT molecular complexity index is 736. The van der Waals surface area contributed by atoms with Crippen LogP contribution in [0.1, 0.15) is 5.56 Å². The molecule has 1 heterocycles. The van der Waals surface area contributed by atoms with Crippen LogP contribution in [0.2, 0.25) is 0 Å². The van der Waals surface area contributed by atoms with Gasteiger partial charge in [0.25, 0.3) is 0 Å². The summed E-state index contributed by atoms with van der Waals surface area (Å²) in [6, 6.07) is 16.5. The van der Waals surface area contributed by atoms with Crippen molar-refractivity contribution in [2.24, 2.45) is 5.73 Å². The summed E-state index contributed by atoms with van der Waals surface area (Å²) in [4.78, 5) is 4.65. The molecular weight excluding hydrogens is 251 g/mol. The number of benzene rings is 2. The highest BCUT2D eigenvalue weighted by Crippen LogP contribution is 2.25. The maximum Gasteiger partial charge on any atom is 0.123 e. The molecule has 0 spiro atoms. The first-order valence-corrected chi connectivity index (χ1v) is 6.62. The minimum absolute atomic E-state index is 0.239. The van der Waals surface area contributed by atoms with Gasteiger partial charge >= 0.3 is 0 Å². The molecule has 0 amide bonds. The highest BCUT2D eigenvalue weighted by molar-refractivity contribution is 5.85. The van der Waals surface area contributed by atoms with Crippen molar-refractivity contribution in [3.05, 3.63) is 66.0 Å². The van der Waals surface area contributed by atoms with Crippen LogP contribution in [0.4, 0.5) is 4.39 Å². The molecule has 3 heteroatoms. The number of rotatable bonds is 3. The third kappa shape index (κ3) is 2.40. The van der Waals surface area contributed by atoms with Crippen molar-refractivity contribution in [3.8, 4) is 11.3 Å². The fourth-order valence-electron chi connectivity index (χ4n) is 2.38. The van der Waals surface area contributed by atoms with Crippen LogP contribution in [-0.2, 0) is 6.42 Å². The monoisotopic (exact) mass is 266 g/mol. The van der Waals surface area contributed by atoms with E-state index in [1.165, 1.54) is 17.7 Å². The van der Waals surface area contributed by atoms with Gasteiger partial charge < -0.3 is 5.73 Å². The molecule has 0 saturated heterocycles. The molecule has 1 aromatic heterocycles. The molecule has 2 nitrogen and oxygen atoms in total. The number of para-hydroxylation sites is 1. The first-order chi connectivity index (χ1) is 9.78. The number of hydrogen-bond acceptors (Lipinski definition) is 2. The zero-order valence-corrected chi connectivity index (χ0v) is 11.0. The van der Waals surface area contributed by atoms with E-state index in [2.05, 4.69) is 11.1 Å². The predicted molar refractivity (Wildman–Crippen MR) is 79.9 cm³/mol. The van der Waals surface area contributed by atoms with E-state index in [0.29, 0.717) is 6.54 Å². The van der Waals surface area contributed by atoms with Gasteiger partial charge in [-0.3, -0.25) is 0 Å². The Morgan fingerprint density at radius 2 is 1.75 bits per heavy atom. The zero-order chi connectivity index (χ0) is 13.9. The molecule has 100 valence electrons. The van der Waals surface area contributed by atoms with Gasteiger partial charge in [-0.15, -0.1) is 0 Å². The van der Waals surface area contributed by atoms with Crippen molar-refractivity contribution >= 4 is 10.9 Å². The van der Waals surface area contributed by atoms with Crippen molar-refractivity contribution in [2.45, 2.75) is 6.42 Å². The maximum atomic E-state index is 13.0. The summed E-state index contributed by atoms with van der Waals surface area (Å²) in [7, 11) is 0. The van der Waals surface area contributed by atoms with Crippen LogP contribution in [0.15, 0.2) is 54.6 Å².